The van der Waals surface area contributed by atoms with Gasteiger partial charge in [-0.3, -0.25) is 10.8 Å². The van der Waals surface area contributed by atoms with Gasteiger partial charge in [0.25, 0.3) is 0 Å². The molecule has 1 atom stereocenters. The lowest BCUT2D eigenvalue weighted by atomic mass is 9.99. The van der Waals surface area contributed by atoms with Gasteiger partial charge in [0.1, 0.15) is 11.6 Å². The van der Waals surface area contributed by atoms with Crippen LogP contribution in [0, 0.1) is 18.6 Å². The Kier molecular flexibility index (Phi) is 3.64. The molecule has 1 unspecified atom stereocenters. The number of aryl methyl sites for hydroxylation is 1. The van der Waals surface area contributed by atoms with E-state index in [1.807, 2.05) is 0 Å². The van der Waals surface area contributed by atoms with Crippen molar-refractivity contribution in [3.05, 3.63) is 65.0 Å². The molecular weight excluding hydrogens is 236 g/mol. The average Bonchev–Trinajstić information content (AvgIpc) is 2.35. The third kappa shape index (κ3) is 2.52. The van der Waals surface area contributed by atoms with Crippen LogP contribution in [-0.2, 0) is 0 Å². The Morgan fingerprint density at radius 2 is 1.94 bits per heavy atom. The first-order chi connectivity index (χ1) is 8.61. The summed E-state index contributed by atoms with van der Waals surface area (Å²) in [5.74, 6) is 4.76. The molecule has 0 radical (unpaired) electrons. The van der Waals surface area contributed by atoms with Gasteiger partial charge in [0.2, 0.25) is 0 Å². The molecule has 0 saturated heterocycles. The number of nitrogens with two attached hydrogens (primary N) is 1. The van der Waals surface area contributed by atoms with Crippen LogP contribution in [0.3, 0.4) is 0 Å². The molecule has 94 valence electrons. The topological polar surface area (TPSA) is 50.9 Å². The van der Waals surface area contributed by atoms with Gasteiger partial charge >= 0.3 is 0 Å². The Morgan fingerprint density at radius 3 is 2.56 bits per heavy atom. The molecule has 0 bridgehead atoms. The highest BCUT2D eigenvalue weighted by molar-refractivity contribution is 5.33. The summed E-state index contributed by atoms with van der Waals surface area (Å²) in [6.45, 7) is 1.66. The van der Waals surface area contributed by atoms with Crippen LogP contribution in [0.25, 0.3) is 0 Å². The van der Waals surface area contributed by atoms with Crippen molar-refractivity contribution in [1.82, 2.24) is 10.4 Å². The van der Waals surface area contributed by atoms with E-state index < -0.39 is 11.9 Å². The second kappa shape index (κ2) is 5.20. The Labute approximate surface area is 104 Å². The molecule has 0 aliphatic rings. The predicted octanol–water partition coefficient (Wildman–Crippen LogP) is 2.22. The van der Waals surface area contributed by atoms with Gasteiger partial charge in [0, 0.05) is 6.20 Å². The monoisotopic (exact) mass is 249 g/mol. The standard InChI is InChI=1S/C13H13F2N3/c1-8-4-9(2-3-12(8)15)13(18-16)10-5-11(14)7-17-6-10/h2-7,13,18H,16H2,1H3. The molecular formula is C13H13F2N3. The smallest absolute Gasteiger partial charge is 0.141 e. The van der Waals surface area contributed by atoms with Gasteiger partial charge in [-0.15, -0.1) is 0 Å². The molecule has 1 heterocycles. The van der Waals surface area contributed by atoms with E-state index in [0.717, 1.165) is 11.8 Å². The number of nitrogens with one attached hydrogen (secondary N) is 1. The molecule has 2 rings (SSSR count). The fourth-order valence-electron chi connectivity index (χ4n) is 1.82. The number of hydrogen-bond donors (Lipinski definition) is 2. The molecule has 18 heavy (non-hydrogen) atoms. The van der Waals surface area contributed by atoms with E-state index in [0.29, 0.717) is 11.1 Å². The molecule has 5 heteroatoms. The van der Waals surface area contributed by atoms with Gasteiger partial charge in [-0.25, -0.2) is 14.2 Å². The van der Waals surface area contributed by atoms with E-state index in [1.54, 1.807) is 19.1 Å². The van der Waals surface area contributed by atoms with Gasteiger partial charge in [-0.1, -0.05) is 12.1 Å². The number of rotatable bonds is 3. The highest BCUT2D eigenvalue weighted by atomic mass is 19.1. The van der Waals surface area contributed by atoms with E-state index in [1.165, 1.54) is 18.3 Å². The maximum Gasteiger partial charge on any atom is 0.141 e. The summed E-state index contributed by atoms with van der Waals surface area (Å²) in [4.78, 5) is 3.77. The Bertz CT molecular complexity index is 558. The van der Waals surface area contributed by atoms with Crippen molar-refractivity contribution < 1.29 is 8.78 Å². The Hall–Kier alpha value is -1.85. The number of pyridine rings is 1. The summed E-state index contributed by atoms with van der Waals surface area (Å²) in [5.41, 5.74) is 4.43. The van der Waals surface area contributed by atoms with E-state index in [-0.39, 0.29) is 5.82 Å². The molecule has 0 spiro atoms. The largest absolute Gasteiger partial charge is 0.271 e. The lowest BCUT2D eigenvalue weighted by Gasteiger charge is -2.17. The lowest BCUT2D eigenvalue weighted by molar-refractivity contribution is 0.592. The van der Waals surface area contributed by atoms with Crippen LogP contribution in [0.4, 0.5) is 8.78 Å². The minimum absolute atomic E-state index is 0.285. The maximum atomic E-state index is 13.2. The third-order valence-corrected chi connectivity index (χ3v) is 2.74. The zero-order valence-electron chi connectivity index (χ0n) is 9.82. The number of aromatic nitrogens is 1. The van der Waals surface area contributed by atoms with Gasteiger partial charge in [0.05, 0.1) is 12.2 Å². The summed E-state index contributed by atoms with van der Waals surface area (Å²) in [7, 11) is 0. The number of nitrogens with zero attached hydrogens (tertiary/aromatic N) is 1. The molecule has 2 aromatic rings. The zero-order chi connectivity index (χ0) is 13.1. The quantitative estimate of drug-likeness (QED) is 0.647. The minimum Gasteiger partial charge on any atom is -0.271 e. The normalized spacial score (nSPS) is 12.4. The fraction of sp³-hybridized carbons (Fsp3) is 0.154. The lowest BCUT2D eigenvalue weighted by Crippen LogP contribution is -2.29. The van der Waals surface area contributed by atoms with Crippen LogP contribution in [0.5, 0.6) is 0 Å². The minimum atomic E-state index is -0.438. The molecule has 0 amide bonds. The first-order valence-electron chi connectivity index (χ1n) is 5.44. The summed E-state index contributed by atoms with van der Waals surface area (Å²) in [5, 5.41) is 0. The van der Waals surface area contributed by atoms with Crippen LogP contribution in [0.2, 0.25) is 0 Å². The van der Waals surface area contributed by atoms with Crippen LogP contribution >= 0.6 is 0 Å². The van der Waals surface area contributed by atoms with Crippen molar-refractivity contribution in [3.8, 4) is 0 Å². The summed E-state index contributed by atoms with van der Waals surface area (Å²) >= 11 is 0. The Balaban J connectivity index is 2.42. The molecule has 0 aliphatic carbocycles. The molecule has 3 nitrogen and oxygen atoms in total. The number of benzene rings is 1. The maximum absolute atomic E-state index is 13.2. The third-order valence-electron chi connectivity index (χ3n) is 2.74. The highest BCUT2D eigenvalue weighted by Gasteiger charge is 2.14. The number of hydrazine groups is 1. The van der Waals surface area contributed by atoms with Crippen LogP contribution in [-0.4, -0.2) is 4.98 Å². The second-order valence-electron chi connectivity index (χ2n) is 4.04. The van der Waals surface area contributed by atoms with Gasteiger partial charge in [-0.05, 0) is 35.7 Å². The molecule has 3 N–H and O–H groups in total. The van der Waals surface area contributed by atoms with Crippen molar-refractivity contribution in [3.63, 3.8) is 0 Å². The van der Waals surface area contributed by atoms with Gasteiger partial charge in [-0.2, -0.15) is 0 Å². The molecule has 1 aromatic carbocycles. The molecule has 0 saturated carbocycles. The van der Waals surface area contributed by atoms with Crippen molar-refractivity contribution >= 4 is 0 Å². The van der Waals surface area contributed by atoms with E-state index in [9.17, 15) is 8.78 Å². The zero-order valence-corrected chi connectivity index (χ0v) is 9.82. The average molecular weight is 249 g/mol. The summed E-state index contributed by atoms with van der Waals surface area (Å²) < 4.78 is 26.3. The number of hydrogen-bond acceptors (Lipinski definition) is 3. The van der Waals surface area contributed by atoms with Crippen LogP contribution < -0.4 is 11.3 Å². The van der Waals surface area contributed by atoms with E-state index >= 15 is 0 Å². The van der Waals surface area contributed by atoms with Gasteiger partial charge in [0.15, 0.2) is 0 Å². The molecule has 0 aliphatic heterocycles. The van der Waals surface area contributed by atoms with Crippen LogP contribution in [0.15, 0.2) is 36.7 Å². The van der Waals surface area contributed by atoms with E-state index in [4.69, 9.17) is 5.84 Å². The first-order valence-corrected chi connectivity index (χ1v) is 5.44. The van der Waals surface area contributed by atoms with E-state index in [2.05, 4.69) is 10.4 Å². The van der Waals surface area contributed by atoms with Crippen molar-refractivity contribution in [2.75, 3.05) is 0 Å². The summed E-state index contributed by atoms with van der Waals surface area (Å²) in [6.07, 6.45) is 2.64. The van der Waals surface area contributed by atoms with Gasteiger partial charge < -0.3 is 0 Å². The van der Waals surface area contributed by atoms with Crippen molar-refractivity contribution in [1.29, 1.82) is 0 Å². The second-order valence-corrected chi connectivity index (χ2v) is 4.04. The SMILES string of the molecule is Cc1cc(C(NN)c2cncc(F)c2)ccc1F. The highest BCUT2D eigenvalue weighted by Crippen LogP contribution is 2.22. The molecule has 0 fully saturated rings. The summed E-state index contributed by atoms with van der Waals surface area (Å²) in [6, 6.07) is 5.56. The molecule has 1 aromatic heterocycles. The van der Waals surface area contributed by atoms with Crippen molar-refractivity contribution in [2.45, 2.75) is 13.0 Å². The number of halogens is 2. The Morgan fingerprint density at radius 1 is 1.17 bits per heavy atom. The van der Waals surface area contributed by atoms with Crippen LogP contribution in [0.1, 0.15) is 22.7 Å². The van der Waals surface area contributed by atoms with Crippen molar-refractivity contribution in [2.24, 2.45) is 5.84 Å². The predicted molar refractivity (Wildman–Crippen MR) is 64.5 cm³/mol. The fourth-order valence-corrected chi connectivity index (χ4v) is 1.82. The first kappa shape index (κ1) is 12.6.